The van der Waals surface area contributed by atoms with Crippen molar-refractivity contribution in [1.29, 1.82) is 0 Å². The van der Waals surface area contributed by atoms with Gasteiger partial charge in [0, 0.05) is 31.2 Å². The van der Waals surface area contributed by atoms with E-state index in [1.807, 2.05) is 44.4 Å². The fraction of sp³-hybridized carbons (Fsp3) is 0.136. The molecule has 140 valence electrons. The number of anilines is 2. The number of carbonyl (C=O) groups excluding carboxylic acids is 1. The Kier molecular flexibility index (Phi) is 4.76. The van der Waals surface area contributed by atoms with Crippen molar-refractivity contribution in [3.8, 4) is 0 Å². The highest BCUT2D eigenvalue weighted by molar-refractivity contribution is 6.03. The van der Waals surface area contributed by atoms with Gasteiger partial charge in [-0.05, 0) is 29.8 Å². The highest BCUT2D eigenvalue weighted by atomic mass is 16.2. The molecule has 0 spiro atoms. The Bertz CT molecular complexity index is 1120. The first-order chi connectivity index (χ1) is 13.6. The van der Waals surface area contributed by atoms with Gasteiger partial charge in [-0.1, -0.05) is 36.4 Å². The number of fused-ring (bicyclic) bond motifs is 1. The van der Waals surface area contributed by atoms with Gasteiger partial charge in [0.2, 0.25) is 0 Å². The number of carbonyl (C=O) groups is 1. The predicted molar refractivity (Wildman–Crippen MR) is 112 cm³/mol. The molecule has 0 aliphatic carbocycles. The van der Waals surface area contributed by atoms with Crippen LogP contribution < -0.4 is 10.2 Å². The predicted octanol–water partition coefficient (Wildman–Crippen LogP) is 3.80. The molecule has 0 radical (unpaired) electrons. The van der Waals surface area contributed by atoms with Crippen LogP contribution in [0.5, 0.6) is 0 Å². The van der Waals surface area contributed by atoms with Crippen LogP contribution in [-0.2, 0) is 6.54 Å². The summed E-state index contributed by atoms with van der Waals surface area (Å²) >= 11 is 0. The third kappa shape index (κ3) is 3.71. The molecule has 2 aromatic heterocycles. The fourth-order valence-corrected chi connectivity index (χ4v) is 3.01. The second-order valence-electron chi connectivity index (χ2n) is 6.78. The molecule has 0 bridgehead atoms. The van der Waals surface area contributed by atoms with Gasteiger partial charge >= 0.3 is 0 Å². The molecule has 28 heavy (non-hydrogen) atoms. The lowest BCUT2D eigenvalue weighted by Crippen LogP contribution is -2.17. The monoisotopic (exact) mass is 371 g/mol. The van der Waals surface area contributed by atoms with Crippen molar-refractivity contribution in [3.05, 3.63) is 84.2 Å². The Morgan fingerprint density at radius 1 is 1.00 bits per heavy atom. The molecule has 0 saturated carbocycles. The van der Waals surface area contributed by atoms with Crippen molar-refractivity contribution in [1.82, 2.24) is 14.8 Å². The molecule has 0 atom stereocenters. The molecule has 6 nitrogen and oxygen atoms in total. The van der Waals surface area contributed by atoms with Crippen molar-refractivity contribution in [2.45, 2.75) is 6.54 Å². The summed E-state index contributed by atoms with van der Waals surface area (Å²) in [5.74, 6) is 0.382. The Labute approximate surface area is 163 Å². The number of hydrogen-bond donors (Lipinski definition) is 1. The number of amides is 1. The minimum absolute atomic E-state index is 0.254. The van der Waals surface area contributed by atoms with E-state index in [-0.39, 0.29) is 5.91 Å². The zero-order chi connectivity index (χ0) is 19.5. The first-order valence-electron chi connectivity index (χ1n) is 9.05. The van der Waals surface area contributed by atoms with Gasteiger partial charge in [0.1, 0.15) is 11.5 Å². The summed E-state index contributed by atoms with van der Waals surface area (Å²) in [7, 11) is 4.02. The first-order valence-corrected chi connectivity index (χ1v) is 9.05. The number of pyridine rings is 1. The van der Waals surface area contributed by atoms with Gasteiger partial charge in [-0.2, -0.15) is 5.10 Å². The number of aromatic nitrogens is 3. The first kappa shape index (κ1) is 17.7. The Hall–Kier alpha value is -3.67. The second-order valence-corrected chi connectivity index (χ2v) is 6.78. The van der Waals surface area contributed by atoms with Crippen LogP contribution in [0.1, 0.15) is 16.1 Å². The molecule has 2 aromatic carbocycles. The van der Waals surface area contributed by atoms with Crippen LogP contribution in [0, 0.1) is 0 Å². The number of nitrogens with zero attached hydrogens (tertiary/aromatic N) is 4. The molecule has 0 aliphatic rings. The van der Waals surface area contributed by atoms with Crippen molar-refractivity contribution < 1.29 is 4.79 Å². The summed E-state index contributed by atoms with van der Waals surface area (Å²) in [5.41, 5.74) is 3.42. The van der Waals surface area contributed by atoms with Crippen LogP contribution in [0.2, 0.25) is 0 Å². The van der Waals surface area contributed by atoms with Crippen LogP contribution in [-0.4, -0.2) is 34.8 Å². The quantitative estimate of drug-likeness (QED) is 0.580. The molecule has 2 heterocycles. The summed E-state index contributed by atoms with van der Waals surface area (Å²) < 4.78 is 1.77. The molecule has 4 aromatic rings. The van der Waals surface area contributed by atoms with Crippen LogP contribution >= 0.6 is 0 Å². The highest BCUT2D eigenvalue weighted by Crippen LogP contribution is 2.16. The lowest BCUT2D eigenvalue weighted by Gasteiger charge is -2.13. The van der Waals surface area contributed by atoms with E-state index in [1.54, 1.807) is 23.0 Å². The summed E-state index contributed by atoms with van der Waals surface area (Å²) in [5, 5.41) is 8.25. The summed E-state index contributed by atoms with van der Waals surface area (Å²) in [6, 6.07) is 21.4. The van der Waals surface area contributed by atoms with E-state index in [9.17, 15) is 4.79 Å². The molecular weight excluding hydrogens is 350 g/mol. The summed E-state index contributed by atoms with van der Waals surface area (Å²) in [6.07, 6.45) is 1.68. The standard InChI is InChI=1S/C22H21N5O/c1-26(2)18-10-7-16(8-11-18)15-27-21(13-14-23-27)25-22(28)20-12-9-17-5-3-4-6-19(17)24-20/h3-14H,15H2,1-2H3,(H,25,28). The average Bonchev–Trinajstić information content (AvgIpc) is 3.14. The third-order valence-corrected chi connectivity index (χ3v) is 4.57. The van der Waals surface area contributed by atoms with Gasteiger partial charge in [0.25, 0.3) is 5.91 Å². The SMILES string of the molecule is CN(C)c1ccc(Cn2nccc2NC(=O)c2ccc3ccccc3n2)cc1. The molecule has 1 N–H and O–H groups in total. The van der Waals surface area contributed by atoms with Crippen LogP contribution in [0.15, 0.2) is 72.9 Å². The minimum Gasteiger partial charge on any atom is -0.378 e. The van der Waals surface area contributed by atoms with E-state index >= 15 is 0 Å². The largest absolute Gasteiger partial charge is 0.378 e. The summed E-state index contributed by atoms with van der Waals surface area (Å²) in [6.45, 7) is 0.571. The maximum Gasteiger partial charge on any atom is 0.275 e. The molecule has 1 amide bonds. The number of nitrogens with one attached hydrogen (secondary N) is 1. The van der Waals surface area contributed by atoms with Gasteiger partial charge in [0.05, 0.1) is 18.3 Å². The van der Waals surface area contributed by atoms with E-state index in [2.05, 4.69) is 44.6 Å². The molecule has 0 aliphatic heterocycles. The lowest BCUT2D eigenvalue weighted by molar-refractivity contribution is 0.102. The maximum atomic E-state index is 12.7. The van der Waals surface area contributed by atoms with Crippen LogP contribution in [0.3, 0.4) is 0 Å². The van der Waals surface area contributed by atoms with Crippen LogP contribution in [0.25, 0.3) is 10.9 Å². The van der Waals surface area contributed by atoms with Crippen molar-refractivity contribution in [2.24, 2.45) is 0 Å². The Balaban J connectivity index is 1.51. The van der Waals surface area contributed by atoms with E-state index in [0.29, 0.717) is 18.1 Å². The second kappa shape index (κ2) is 7.52. The zero-order valence-electron chi connectivity index (χ0n) is 15.8. The normalized spacial score (nSPS) is 10.8. The molecule has 4 rings (SSSR count). The van der Waals surface area contributed by atoms with E-state index in [1.165, 1.54) is 0 Å². The average molecular weight is 371 g/mol. The number of benzene rings is 2. The van der Waals surface area contributed by atoms with Gasteiger partial charge in [-0.15, -0.1) is 0 Å². The van der Waals surface area contributed by atoms with Gasteiger partial charge < -0.3 is 10.2 Å². The molecule has 0 saturated heterocycles. The number of hydrogen-bond acceptors (Lipinski definition) is 4. The van der Waals surface area contributed by atoms with Crippen molar-refractivity contribution >= 4 is 28.3 Å². The number of para-hydroxylation sites is 1. The lowest BCUT2D eigenvalue weighted by atomic mass is 10.2. The van der Waals surface area contributed by atoms with Crippen LogP contribution in [0.4, 0.5) is 11.5 Å². The van der Waals surface area contributed by atoms with E-state index in [0.717, 1.165) is 22.2 Å². The van der Waals surface area contributed by atoms with E-state index < -0.39 is 0 Å². The minimum atomic E-state index is -0.254. The topological polar surface area (TPSA) is 63.1 Å². The zero-order valence-corrected chi connectivity index (χ0v) is 15.8. The smallest absolute Gasteiger partial charge is 0.275 e. The van der Waals surface area contributed by atoms with Crippen molar-refractivity contribution in [3.63, 3.8) is 0 Å². The summed E-state index contributed by atoms with van der Waals surface area (Å²) in [4.78, 5) is 19.2. The fourth-order valence-electron chi connectivity index (χ4n) is 3.01. The molecular formula is C22H21N5O. The molecule has 6 heteroatoms. The third-order valence-electron chi connectivity index (χ3n) is 4.57. The van der Waals surface area contributed by atoms with Gasteiger partial charge in [-0.3, -0.25) is 4.79 Å². The Morgan fingerprint density at radius 3 is 2.57 bits per heavy atom. The number of rotatable bonds is 5. The van der Waals surface area contributed by atoms with E-state index in [4.69, 9.17) is 0 Å². The van der Waals surface area contributed by atoms with Crippen molar-refractivity contribution in [2.75, 3.05) is 24.3 Å². The van der Waals surface area contributed by atoms with Gasteiger partial charge in [0.15, 0.2) is 0 Å². The molecule has 0 fully saturated rings. The maximum absolute atomic E-state index is 12.7. The molecule has 0 unspecified atom stereocenters. The Morgan fingerprint density at radius 2 is 1.79 bits per heavy atom. The van der Waals surface area contributed by atoms with Gasteiger partial charge in [-0.25, -0.2) is 9.67 Å². The highest BCUT2D eigenvalue weighted by Gasteiger charge is 2.12.